The van der Waals surface area contributed by atoms with E-state index in [0.29, 0.717) is 35.3 Å². The van der Waals surface area contributed by atoms with Crippen molar-refractivity contribution in [3.63, 3.8) is 0 Å². The van der Waals surface area contributed by atoms with E-state index in [1.165, 1.54) is 5.56 Å². The van der Waals surface area contributed by atoms with E-state index in [1.54, 1.807) is 23.1 Å². The highest BCUT2D eigenvalue weighted by Gasteiger charge is 2.26. The zero-order chi connectivity index (χ0) is 16.4. The fourth-order valence-corrected chi connectivity index (χ4v) is 3.20. The maximum absolute atomic E-state index is 12.7. The number of hydrogen-bond acceptors (Lipinski definition) is 2. The number of benzene rings is 2. The third kappa shape index (κ3) is 3.86. The van der Waals surface area contributed by atoms with E-state index in [1.807, 2.05) is 19.1 Å². The monoisotopic (exact) mass is 349 g/mol. The van der Waals surface area contributed by atoms with Gasteiger partial charge in [-0.1, -0.05) is 53.0 Å². The lowest BCUT2D eigenvalue weighted by atomic mass is 10.1. The molecule has 3 rings (SSSR count). The number of ether oxygens (including phenoxy) is 1. The Morgan fingerprint density at radius 2 is 1.78 bits per heavy atom. The van der Waals surface area contributed by atoms with Crippen molar-refractivity contribution in [2.24, 2.45) is 0 Å². The standard InChI is InChI=1S/C18H17Cl2NO2/c1-12-2-4-13(5-3-12)17-11-21(6-7-23-17)18(22)14-8-15(19)10-16(20)9-14/h2-5,8-10,17H,6-7,11H2,1H3. The van der Waals surface area contributed by atoms with Crippen LogP contribution in [-0.4, -0.2) is 30.5 Å². The molecular formula is C18H17Cl2NO2. The molecule has 0 spiro atoms. The zero-order valence-corrected chi connectivity index (χ0v) is 14.3. The van der Waals surface area contributed by atoms with Gasteiger partial charge in [-0.3, -0.25) is 4.79 Å². The summed E-state index contributed by atoms with van der Waals surface area (Å²) in [7, 11) is 0. The molecule has 23 heavy (non-hydrogen) atoms. The molecule has 1 fully saturated rings. The number of nitrogens with zero attached hydrogens (tertiary/aromatic N) is 1. The van der Waals surface area contributed by atoms with Gasteiger partial charge in [0.2, 0.25) is 0 Å². The van der Waals surface area contributed by atoms with Crippen molar-refractivity contribution in [1.29, 1.82) is 0 Å². The molecule has 1 unspecified atom stereocenters. The summed E-state index contributed by atoms with van der Waals surface area (Å²) in [6.07, 6.45) is -0.108. The van der Waals surface area contributed by atoms with Crippen molar-refractivity contribution < 1.29 is 9.53 Å². The van der Waals surface area contributed by atoms with Crippen LogP contribution in [0.4, 0.5) is 0 Å². The maximum atomic E-state index is 12.7. The third-order valence-electron chi connectivity index (χ3n) is 3.91. The Morgan fingerprint density at radius 1 is 1.13 bits per heavy atom. The van der Waals surface area contributed by atoms with Crippen LogP contribution in [0, 0.1) is 6.92 Å². The molecule has 1 heterocycles. The highest BCUT2D eigenvalue weighted by atomic mass is 35.5. The SMILES string of the molecule is Cc1ccc(C2CN(C(=O)c3cc(Cl)cc(Cl)c3)CCO2)cc1. The summed E-state index contributed by atoms with van der Waals surface area (Å²) < 4.78 is 5.82. The lowest BCUT2D eigenvalue weighted by molar-refractivity contribution is -0.0228. The van der Waals surface area contributed by atoms with E-state index >= 15 is 0 Å². The van der Waals surface area contributed by atoms with E-state index in [9.17, 15) is 4.79 Å². The molecule has 1 aliphatic heterocycles. The molecule has 5 heteroatoms. The Morgan fingerprint density at radius 3 is 2.43 bits per heavy atom. The zero-order valence-electron chi connectivity index (χ0n) is 12.8. The molecule has 0 aliphatic carbocycles. The van der Waals surface area contributed by atoms with Crippen LogP contribution >= 0.6 is 23.2 Å². The first-order valence-electron chi connectivity index (χ1n) is 7.46. The van der Waals surface area contributed by atoms with E-state index in [4.69, 9.17) is 27.9 Å². The Hall–Kier alpha value is -1.55. The third-order valence-corrected chi connectivity index (χ3v) is 4.35. The van der Waals surface area contributed by atoms with Gasteiger partial charge >= 0.3 is 0 Å². The number of carbonyl (C=O) groups is 1. The lowest BCUT2D eigenvalue weighted by Gasteiger charge is -2.33. The van der Waals surface area contributed by atoms with Crippen molar-refractivity contribution in [2.45, 2.75) is 13.0 Å². The highest BCUT2D eigenvalue weighted by Crippen LogP contribution is 2.25. The number of aryl methyl sites for hydroxylation is 1. The summed E-state index contributed by atoms with van der Waals surface area (Å²) >= 11 is 12.0. The largest absolute Gasteiger partial charge is 0.370 e. The number of hydrogen-bond donors (Lipinski definition) is 0. The van der Waals surface area contributed by atoms with Gasteiger partial charge in [0.1, 0.15) is 6.10 Å². The predicted octanol–water partition coefficient (Wildman–Crippen LogP) is 4.52. The summed E-state index contributed by atoms with van der Waals surface area (Å²) in [6, 6.07) is 13.1. The van der Waals surface area contributed by atoms with Crippen LogP contribution in [0.25, 0.3) is 0 Å². The molecule has 1 amide bonds. The predicted molar refractivity (Wildman–Crippen MR) is 92.2 cm³/mol. The molecule has 0 radical (unpaired) electrons. The second kappa shape index (κ2) is 6.91. The molecule has 0 aromatic heterocycles. The van der Waals surface area contributed by atoms with E-state index in [-0.39, 0.29) is 12.0 Å². The minimum absolute atomic E-state index is 0.0742. The van der Waals surface area contributed by atoms with Crippen LogP contribution in [-0.2, 0) is 4.74 Å². The number of amides is 1. The van der Waals surface area contributed by atoms with Crippen molar-refractivity contribution in [3.05, 3.63) is 69.2 Å². The summed E-state index contributed by atoms with van der Waals surface area (Å²) in [6.45, 7) is 3.64. The Balaban J connectivity index is 1.77. The van der Waals surface area contributed by atoms with Crippen LogP contribution in [0.5, 0.6) is 0 Å². The molecular weight excluding hydrogens is 333 g/mol. The molecule has 3 nitrogen and oxygen atoms in total. The smallest absolute Gasteiger partial charge is 0.254 e. The lowest BCUT2D eigenvalue weighted by Crippen LogP contribution is -2.42. The molecule has 1 aliphatic rings. The second-order valence-corrected chi connectivity index (χ2v) is 6.55. The summed E-state index contributed by atoms with van der Waals surface area (Å²) in [5, 5.41) is 0.924. The minimum Gasteiger partial charge on any atom is -0.370 e. The molecule has 2 aromatic carbocycles. The number of morpholine rings is 1. The van der Waals surface area contributed by atoms with Crippen molar-refractivity contribution in [3.8, 4) is 0 Å². The molecule has 0 saturated carbocycles. The van der Waals surface area contributed by atoms with Gasteiger partial charge in [-0.25, -0.2) is 0 Å². The van der Waals surface area contributed by atoms with Gasteiger partial charge in [0.15, 0.2) is 0 Å². The first-order chi connectivity index (χ1) is 11.0. The van der Waals surface area contributed by atoms with Gasteiger partial charge in [0.05, 0.1) is 13.2 Å². The second-order valence-electron chi connectivity index (χ2n) is 5.68. The van der Waals surface area contributed by atoms with Crippen LogP contribution in [0.3, 0.4) is 0 Å². The maximum Gasteiger partial charge on any atom is 0.254 e. The first-order valence-corrected chi connectivity index (χ1v) is 8.22. The Kier molecular flexibility index (Phi) is 4.90. The van der Waals surface area contributed by atoms with Crippen LogP contribution in [0.15, 0.2) is 42.5 Å². The number of rotatable bonds is 2. The summed E-state index contributed by atoms with van der Waals surface area (Å²) in [4.78, 5) is 14.5. The summed E-state index contributed by atoms with van der Waals surface area (Å²) in [5.74, 6) is -0.0742. The first kappa shape index (κ1) is 16.3. The minimum atomic E-state index is -0.108. The van der Waals surface area contributed by atoms with Gasteiger partial charge in [-0.15, -0.1) is 0 Å². The van der Waals surface area contributed by atoms with E-state index in [0.717, 1.165) is 5.56 Å². The van der Waals surface area contributed by atoms with E-state index in [2.05, 4.69) is 12.1 Å². The fraction of sp³-hybridized carbons (Fsp3) is 0.278. The van der Waals surface area contributed by atoms with Gasteiger partial charge in [0, 0.05) is 22.2 Å². The van der Waals surface area contributed by atoms with Crippen LogP contribution in [0.1, 0.15) is 27.6 Å². The quantitative estimate of drug-likeness (QED) is 0.797. The van der Waals surface area contributed by atoms with Crippen molar-refractivity contribution in [2.75, 3.05) is 19.7 Å². The van der Waals surface area contributed by atoms with Crippen LogP contribution < -0.4 is 0 Å². The Labute approximate surface area is 145 Å². The topological polar surface area (TPSA) is 29.5 Å². The van der Waals surface area contributed by atoms with Crippen molar-refractivity contribution >= 4 is 29.1 Å². The molecule has 1 saturated heterocycles. The molecule has 2 aromatic rings. The van der Waals surface area contributed by atoms with Crippen LogP contribution in [0.2, 0.25) is 10.0 Å². The highest BCUT2D eigenvalue weighted by molar-refractivity contribution is 6.35. The van der Waals surface area contributed by atoms with Crippen molar-refractivity contribution in [1.82, 2.24) is 4.90 Å². The molecule has 1 atom stereocenters. The average Bonchev–Trinajstić information content (AvgIpc) is 2.54. The van der Waals surface area contributed by atoms with Gasteiger partial charge < -0.3 is 9.64 Å². The number of halogens is 2. The number of carbonyl (C=O) groups excluding carboxylic acids is 1. The fourth-order valence-electron chi connectivity index (χ4n) is 2.68. The van der Waals surface area contributed by atoms with Gasteiger partial charge in [-0.05, 0) is 30.7 Å². The molecule has 0 bridgehead atoms. The average molecular weight is 350 g/mol. The van der Waals surface area contributed by atoms with E-state index < -0.39 is 0 Å². The molecule has 120 valence electrons. The Bertz CT molecular complexity index is 695. The van der Waals surface area contributed by atoms with Gasteiger partial charge in [0.25, 0.3) is 5.91 Å². The normalized spacial score (nSPS) is 18.0. The van der Waals surface area contributed by atoms with Gasteiger partial charge in [-0.2, -0.15) is 0 Å². The molecule has 0 N–H and O–H groups in total. The summed E-state index contributed by atoms with van der Waals surface area (Å²) in [5.41, 5.74) is 2.79.